The molecule has 0 amide bonds. The molecular weight excluding hydrogens is 242 g/mol. The van der Waals surface area contributed by atoms with Crippen LogP contribution in [0.5, 0.6) is 0 Å². The van der Waals surface area contributed by atoms with Crippen LogP contribution in [0.15, 0.2) is 5.38 Å². The van der Waals surface area contributed by atoms with E-state index in [0.29, 0.717) is 6.54 Å². The number of imidazole rings is 1. The van der Waals surface area contributed by atoms with Gasteiger partial charge >= 0.3 is 0 Å². The topological polar surface area (TPSA) is 43.3 Å². The van der Waals surface area contributed by atoms with Gasteiger partial charge in [0, 0.05) is 28.4 Å². The molecule has 4 heteroatoms. The fourth-order valence-electron chi connectivity index (χ4n) is 2.22. The monoisotopic (exact) mass is 265 g/mol. The molecule has 0 saturated heterocycles. The highest BCUT2D eigenvalue weighted by Crippen LogP contribution is 2.33. The molecule has 0 saturated carbocycles. The molecule has 0 radical (unpaired) electrons. The van der Waals surface area contributed by atoms with Crippen molar-refractivity contribution < 1.29 is 0 Å². The summed E-state index contributed by atoms with van der Waals surface area (Å²) < 4.78 is 2.26. The molecule has 0 unspecified atom stereocenters. The molecule has 0 fully saturated rings. The van der Waals surface area contributed by atoms with E-state index in [-0.39, 0.29) is 10.8 Å². The van der Waals surface area contributed by atoms with Gasteiger partial charge in [0.2, 0.25) is 0 Å². The van der Waals surface area contributed by atoms with Crippen LogP contribution < -0.4 is 5.73 Å². The number of hydrogen-bond acceptors (Lipinski definition) is 3. The van der Waals surface area contributed by atoms with Crippen LogP contribution in [0.3, 0.4) is 0 Å². The third-order valence-electron chi connectivity index (χ3n) is 3.13. The van der Waals surface area contributed by atoms with Crippen molar-refractivity contribution in [1.82, 2.24) is 9.38 Å². The Balaban J connectivity index is 2.78. The summed E-state index contributed by atoms with van der Waals surface area (Å²) in [5, 5.41) is 2.20. The minimum Gasteiger partial charge on any atom is -0.325 e. The second-order valence-corrected chi connectivity index (χ2v) is 7.69. The third-order valence-corrected chi connectivity index (χ3v) is 3.96. The average molecular weight is 265 g/mol. The number of hydrogen-bond donors (Lipinski definition) is 1. The largest absolute Gasteiger partial charge is 0.325 e. The molecule has 2 aromatic heterocycles. The fraction of sp³-hybridized carbons (Fsp3) is 0.643. The van der Waals surface area contributed by atoms with Gasteiger partial charge in [0.25, 0.3) is 0 Å². The van der Waals surface area contributed by atoms with Crippen molar-refractivity contribution in [2.24, 2.45) is 5.73 Å². The average Bonchev–Trinajstić information content (AvgIpc) is 2.70. The molecule has 2 aromatic rings. The van der Waals surface area contributed by atoms with Crippen molar-refractivity contribution in [2.45, 2.75) is 58.9 Å². The lowest BCUT2D eigenvalue weighted by molar-refractivity contribution is 0.548. The second kappa shape index (κ2) is 4.07. The minimum atomic E-state index is 0.0373. The van der Waals surface area contributed by atoms with Crippen LogP contribution in [0, 0.1) is 0 Å². The molecule has 0 aromatic carbocycles. The summed E-state index contributed by atoms with van der Waals surface area (Å²) in [6.07, 6.45) is 0. The summed E-state index contributed by atoms with van der Waals surface area (Å²) in [5.74, 6) is 0. The summed E-state index contributed by atoms with van der Waals surface area (Å²) in [7, 11) is 0. The lowest BCUT2D eigenvalue weighted by Gasteiger charge is -2.21. The van der Waals surface area contributed by atoms with Crippen LogP contribution in [0.25, 0.3) is 4.96 Å². The zero-order valence-electron chi connectivity index (χ0n) is 12.2. The molecule has 0 aliphatic heterocycles. The molecular formula is C14H23N3S. The highest BCUT2D eigenvalue weighted by atomic mass is 32.1. The fourth-order valence-corrected chi connectivity index (χ4v) is 3.35. The summed E-state index contributed by atoms with van der Waals surface area (Å²) in [6, 6.07) is 0. The highest BCUT2D eigenvalue weighted by molar-refractivity contribution is 7.15. The lowest BCUT2D eigenvalue weighted by atomic mass is 9.90. The number of fused-ring (bicyclic) bond motifs is 1. The number of nitrogens with zero attached hydrogens (tertiary/aromatic N) is 2. The SMILES string of the molecule is CC(C)(C)c1nc2scc(C(C)(C)C)n2c1CN. The zero-order valence-corrected chi connectivity index (χ0v) is 13.0. The van der Waals surface area contributed by atoms with Crippen molar-refractivity contribution in [2.75, 3.05) is 0 Å². The van der Waals surface area contributed by atoms with E-state index in [1.807, 2.05) is 0 Å². The Hall–Kier alpha value is -0.870. The van der Waals surface area contributed by atoms with E-state index < -0.39 is 0 Å². The number of nitrogens with two attached hydrogens (primary N) is 1. The van der Waals surface area contributed by atoms with Crippen LogP contribution in [0.4, 0.5) is 0 Å². The first kappa shape index (κ1) is 13.6. The zero-order chi connectivity index (χ0) is 13.7. The lowest BCUT2D eigenvalue weighted by Crippen LogP contribution is -2.19. The third kappa shape index (κ3) is 2.08. The van der Waals surface area contributed by atoms with Gasteiger partial charge < -0.3 is 5.73 Å². The van der Waals surface area contributed by atoms with E-state index in [1.165, 1.54) is 5.69 Å². The van der Waals surface area contributed by atoms with E-state index >= 15 is 0 Å². The van der Waals surface area contributed by atoms with Crippen molar-refractivity contribution >= 4 is 16.3 Å². The minimum absolute atomic E-state index is 0.0373. The molecule has 0 bridgehead atoms. The number of thiazole rings is 1. The van der Waals surface area contributed by atoms with Crippen molar-refractivity contribution in [1.29, 1.82) is 0 Å². The summed E-state index contributed by atoms with van der Waals surface area (Å²) in [4.78, 5) is 5.85. The predicted molar refractivity (Wildman–Crippen MR) is 78.4 cm³/mol. The number of aromatic nitrogens is 2. The second-order valence-electron chi connectivity index (χ2n) is 6.85. The Bertz CT molecular complexity index is 564. The molecule has 3 nitrogen and oxygen atoms in total. The van der Waals surface area contributed by atoms with Crippen LogP contribution in [0.2, 0.25) is 0 Å². The Kier molecular flexibility index (Phi) is 3.06. The van der Waals surface area contributed by atoms with E-state index in [4.69, 9.17) is 10.7 Å². The van der Waals surface area contributed by atoms with Gasteiger partial charge in [-0.25, -0.2) is 4.98 Å². The Labute approximate surface area is 113 Å². The van der Waals surface area contributed by atoms with Gasteiger partial charge in [0.1, 0.15) is 0 Å². The normalized spacial score (nSPS) is 13.5. The van der Waals surface area contributed by atoms with Gasteiger partial charge in [-0.1, -0.05) is 41.5 Å². The van der Waals surface area contributed by atoms with E-state index in [1.54, 1.807) is 11.3 Å². The van der Waals surface area contributed by atoms with E-state index in [9.17, 15) is 0 Å². The van der Waals surface area contributed by atoms with Gasteiger partial charge in [-0.05, 0) is 0 Å². The van der Waals surface area contributed by atoms with Crippen LogP contribution >= 0.6 is 11.3 Å². The van der Waals surface area contributed by atoms with E-state index in [0.717, 1.165) is 16.3 Å². The highest BCUT2D eigenvalue weighted by Gasteiger charge is 2.27. The van der Waals surface area contributed by atoms with Gasteiger partial charge in [-0.2, -0.15) is 0 Å². The van der Waals surface area contributed by atoms with Gasteiger partial charge in [-0.15, -0.1) is 11.3 Å². The summed E-state index contributed by atoms with van der Waals surface area (Å²) >= 11 is 1.70. The molecule has 2 N–H and O–H groups in total. The van der Waals surface area contributed by atoms with Crippen molar-refractivity contribution in [3.8, 4) is 0 Å². The van der Waals surface area contributed by atoms with Crippen molar-refractivity contribution in [3.63, 3.8) is 0 Å². The first-order chi connectivity index (χ1) is 8.16. The number of rotatable bonds is 1. The van der Waals surface area contributed by atoms with Gasteiger partial charge in [-0.3, -0.25) is 4.40 Å². The first-order valence-electron chi connectivity index (χ1n) is 6.36. The molecule has 100 valence electrons. The summed E-state index contributed by atoms with van der Waals surface area (Å²) in [5.41, 5.74) is 9.70. The maximum absolute atomic E-state index is 5.97. The van der Waals surface area contributed by atoms with E-state index in [2.05, 4.69) is 51.3 Å². The van der Waals surface area contributed by atoms with Gasteiger partial charge in [0.15, 0.2) is 4.96 Å². The standard InChI is InChI=1S/C14H23N3S/c1-13(2,3)10-8-18-12-16-11(14(4,5)6)9(7-15)17(10)12/h8H,7,15H2,1-6H3. The maximum atomic E-state index is 5.97. The van der Waals surface area contributed by atoms with Crippen LogP contribution in [-0.4, -0.2) is 9.38 Å². The molecule has 0 aliphatic carbocycles. The maximum Gasteiger partial charge on any atom is 0.194 e. The van der Waals surface area contributed by atoms with Crippen molar-refractivity contribution in [3.05, 3.63) is 22.5 Å². The Morgan fingerprint density at radius 2 is 1.78 bits per heavy atom. The molecule has 2 rings (SSSR count). The molecule has 0 spiro atoms. The molecule has 0 atom stereocenters. The quantitative estimate of drug-likeness (QED) is 0.858. The van der Waals surface area contributed by atoms with Crippen LogP contribution in [-0.2, 0) is 17.4 Å². The summed E-state index contributed by atoms with van der Waals surface area (Å²) in [6.45, 7) is 13.8. The molecule has 2 heterocycles. The Morgan fingerprint density at radius 1 is 1.17 bits per heavy atom. The molecule has 0 aliphatic rings. The van der Waals surface area contributed by atoms with Crippen LogP contribution in [0.1, 0.15) is 58.6 Å². The first-order valence-corrected chi connectivity index (χ1v) is 7.24. The van der Waals surface area contributed by atoms with Gasteiger partial charge in [0.05, 0.1) is 11.4 Å². The predicted octanol–water partition coefficient (Wildman–Crippen LogP) is 3.45. The smallest absolute Gasteiger partial charge is 0.194 e. The Morgan fingerprint density at radius 3 is 2.22 bits per heavy atom. The molecule has 18 heavy (non-hydrogen) atoms.